The standard InChI is InChI=1S/C13H20BrNOS/c1-2-4-15-13-3-5-16-8-10(13)6-12-7-11(14)9-17-12/h7,9-10,13,15H,2-6,8H2,1H3. The molecule has 2 heterocycles. The monoisotopic (exact) mass is 317 g/mol. The number of thiophene rings is 1. The molecular formula is C13H20BrNOS. The van der Waals surface area contributed by atoms with Crippen LogP contribution in [0.1, 0.15) is 24.6 Å². The van der Waals surface area contributed by atoms with Crippen molar-refractivity contribution in [2.45, 2.75) is 32.2 Å². The number of halogens is 1. The van der Waals surface area contributed by atoms with Crippen molar-refractivity contribution < 1.29 is 4.74 Å². The van der Waals surface area contributed by atoms with Gasteiger partial charge in [-0.05, 0) is 47.8 Å². The number of nitrogens with one attached hydrogen (secondary N) is 1. The van der Waals surface area contributed by atoms with Crippen LogP contribution in [0.5, 0.6) is 0 Å². The molecule has 0 aliphatic carbocycles. The summed E-state index contributed by atoms with van der Waals surface area (Å²) in [6.07, 6.45) is 3.49. The van der Waals surface area contributed by atoms with Crippen LogP contribution in [-0.4, -0.2) is 25.8 Å². The zero-order chi connectivity index (χ0) is 12.1. The first-order valence-corrected chi connectivity index (χ1v) is 8.01. The van der Waals surface area contributed by atoms with Crippen molar-refractivity contribution in [2.24, 2.45) is 5.92 Å². The lowest BCUT2D eigenvalue weighted by atomic mass is 9.92. The number of ether oxygens (including phenoxy) is 1. The molecule has 96 valence electrons. The smallest absolute Gasteiger partial charge is 0.0512 e. The summed E-state index contributed by atoms with van der Waals surface area (Å²) < 4.78 is 6.83. The molecular weight excluding hydrogens is 298 g/mol. The molecule has 1 aromatic heterocycles. The van der Waals surface area contributed by atoms with Crippen molar-refractivity contribution in [2.75, 3.05) is 19.8 Å². The van der Waals surface area contributed by atoms with Gasteiger partial charge in [-0.1, -0.05) is 6.92 Å². The predicted molar refractivity (Wildman–Crippen MR) is 76.7 cm³/mol. The fourth-order valence-corrected chi connectivity index (χ4v) is 3.86. The van der Waals surface area contributed by atoms with Gasteiger partial charge in [-0.3, -0.25) is 0 Å². The zero-order valence-corrected chi connectivity index (χ0v) is 12.6. The lowest BCUT2D eigenvalue weighted by Crippen LogP contribution is -2.43. The Labute approximate surface area is 116 Å². The van der Waals surface area contributed by atoms with Crippen molar-refractivity contribution in [3.63, 3.8) is 0 Å². The lowest BCUT2D eigenvalue weighted by molar-refractivity contribution is 0.0325. The quantitative estimate of drug-likeness (QED) is 0.898. The van der Waals surface area contributed by atoms with Gasteiger partial charge in [0.2, 0.25) is 0 Å². The van der Waals surface area contributed by atoms with Crippen LogP contribution in [0.2, 0.25) is 0 Å². The topological polar surface area (TPSA) is 21.3 Å². The summed E-state index contributed by atoms with van der Waals surface area (Å²) in [7, 11) is 0. The third-order valence-corrected chi connectivity index (χ3v) is 4.94. The van der Waals surface area contributed by atoms with Crippen LogP contribution < -0.4 is 5.32 Å². The average Bonchev–Trinajstić information content (AvgIpc) is 2.74. The largest absolute Gasteiger partial charge is 0.381 e. The summed E-state index contributed by atoms with van der Waals surface area (Å²) >= 11 is 5.36. The summed E-state index contributed by atoms with van der Waals surface area (Å²) in [5.41, 5.74) is 0. The lowest BCUT2D eigenvalue weighted by Gasteiger charge is -2.32. The number of hydrogen-bond acceptors (Lipinski definition) is 3. The minimum atomic E-state index is 0.626. The molecule has 2 atom stereocenters. The second-order valence-electron chi connectivity index (χ2n) is 4.62. The maximum atomic E-state index is 5.62. The molecule has 1 aliphatic heterocycles. The number of rotatable bonds is 5. The van der Waals surface area contributed by atoms with Crippen molar-refractivity contribution in [1.82, 2.24) is 5.32 Å². The molecule has 0 spiro atoms. The van der Waals surface area contributed by atoms with E-state index in [1.807, 2.05) is 11.3 Å². The normalized spacial score (nSPS) is 25.1. The molecule has 0 aromatic carbocycles. The van der Waals surface area contributed by atoms with Gasteiger partial charge in [-0.15, -0.1) is 11.3 Å². The van der Waals surface area contributed by atoms with Crippen LogP contribution in [-0.2, 0) is 11.2 Å². The molecule has 1 aromatic rings. The molecule has 0 radical (unpaired) electrons. The summed E-state index contributed by atoms with van der Waals surface area (Å²) in [6, 6.07) is 2.86. The van der Waals surface area contributed by atoms with Crippen LogP contribution in [0.3, 0.4) is 0 Å². The van der Waals surface area contributed by atoms with Gasteiger partial charge in [-0.25, -0.2) is 0 Å². The van der Waals surface area contributed by atoms with E-state index in [1.54, 1.807) is 0 Å². The molecule has 1 fully saturated rings. The highest BCUT2D eigenvalue weighted by Crippen LogP contribution is 2.26. The Morgan fingerprint density at radius 1 is 1.59 bits per heavy atom. The van der Waals surface area contributed by atoms with E-state index in [0.717, 1.165) is 32.6 Å². The van der Waals surface area contributed by atoms with Gasteiger partial charge >= 0.3 is 0 Å². The summed E-state index contributed by atoms with van der Waals surface area (Å²) in [6.45, 7) is 5.15. The molecule has 0 amide bonds. The van der Waals surface area contributed by atoms with E-state index in [-0.39, 0.29) is 0 Å². The van der Waals surface area contributed by atoms with Crippen LogP contribution in [0.15, 0.2) is 15.9 Å². The van der Waals surface area contributed by atoms with Crippen LogP contribution in [0.4, 0.5) is 0 Å². The molecule has 0 bridgehead atoms. The highest BCUT2D eigenvalue weighted by atomic mass is 79.9. The first-order valence-electron chi connectivity index (χ1n) is 6.33. The highest BCUT2D eigenvalue weighted by molar-refractivity contribution is 9.10. The fraction of sp³-hybridized carbons (Fsp3) is 0.692. The van der Waals surface area contributed by atoms with Crippen LogP contribution in [0.25, 0.3) is 0 Å². The Morgan fingerprint density at radius 3 is 3.18 bits per heavy atom. The zero-order valence-electron chi connectivity index (χ0n) is 10.2. The maximum absolute atomic E-state index is 5.62. The highest BCUT2D eigenvalue weighted by Gasteiger charge is 2.25. The Morgan fingerprint density at radius 2 is 2.47 bits per heavy atom. The van der Waals surface area contributed by atoms with Crippen molar-refractivity contribution in [3.8, 4) is 0 Å². The molecule has 2 nitrogen and oxygen atoms in total. The molecule has 17 heavy (non-hydrogen) atoms. The van der Waals surface area contributed by atoms with Gasteiger partial charge in [-0.2, -0.15) is 0 Å². The first-order chi connectivity index (χ1) is 8.29. The van der Waals surface area contributed by atoms with E-state index >= 15 is 0 Å². The second-order valence-corrected chi connectivity index (χ2v) is 6.53. The minimum Gasteiger partial charge on any atom is -0.381 e. The molecule has 2 rings (SSSR count). The van der Waals surface area contributed by atoms with E-state index in [0.29, 0.717) is 12.0 Å². The summed E-state index contributed by atoms with van der Waals surface area (Å²) in [5.74, 6) is 0.626. The maximum Gasteiger partial charge on any atom is 0.0512 e. The minimum absolute atomic E-state index is 0.626. The molecule has 1 N–H and O–H groups in total. The number of hydrogen-bond donors (Lipinski definition) is 1. The van der Waals surface area contributed by atoms with Crippen molar-refractivity contribution >= 4 is 27.3 Å². The molecule has 1 aliphatic rings. The van der Waals surface area contributed by atoms with E-state index in [4.69, 9.17) is 4.74 Å². The average molecular weight is 318 g/mol. The Hall–Kier alpha value is 0.1000. The molecule has 4 heteroatoms. The predicted octanol–water partition coefficient (Wildman–Crippen LogP) is 3.46. The van der Waals surface area contributed by atoms with Gasteiger partial charge in [0.05, 0.1) is 6.61 Å². The van der Waals surface area contributed by atoms with Crippen molar-refractivity contribution in [3.05, 3.63) is 20.8 Å². The van der Waals surface area contributed by atoms with Gasteiger partial charge in [0, 0.05) is 33.3 Å². The van der Waals surface area contributed by atoms with E-state index in [2.05, 4.69) is 39.6 Å². The summed E-state index contributed by atoms with van der Waals surface area (Å²) in [5, 5.41) is 5.82. The Kier molecular flexibility index (Phi) is 5.48. The van der Waals surface area contributed by atoms with Gasteiger partial charge in [0.25, 0.3) is 0 Å². The fourth-order valence-electron chi connectivity index (χ4n) is 2.32. The Balaban J connectivity index is 1.91. The SMILES string of the molecule is CCCNC1CCOCC1Cc1cc(Br)cs1. The molecule has 1 saturated heterocycles. The van der Waals surface area contributed by atoms with Crippen LogP contribution in [0, 0.1) is 5.92 Å². The third kappa shape index (κ3) is 4.05. The van der Waals surface area contributed by atoms with Crippen molar-refractivity contribution in [1.29, 1.82) is 0 Å². The van der Waals surface area contributed by atoms with E-state index in [9.17, 15) is 0 Å². The van der Waals surface area contributed by atoms with Crippen LogP contribution >= 0.6 is 27.3 Å². The second kappa shape index (κ2) is 6.88. The first kappa shape index (κ1) is 13.5. The van der Waals surface area contributed by atoms with Gasteiger partial charge in [0.15, 0.2) is 0 Å². The van der Waals surface area contributed by atoms with E-state index in [1.165, 1.54) is 15.8 Å². The van der Waals surface area contributed by atoms with Gasteiger partial charge < -0.3 is 10.1 Å². The summed E-state index contributed by atoms with van der Waals surface area (Å²) in [4.78, 5) is 1.45. The molecule has 0 saturated carbocycles. The third-order valence-electron chi connectivity index (χ3n) is 3.22. The van der Waals surface area contributed by atoms with E-state index < -0.39 is 0 Å². The molecule has 2 unspecified atom stereocenters. The Bertz CT molecular complexity index is 342. The van der Waals surface area contributed by atoms with Gasteiger partial charge in [0.1, 0.15) is 0 Å².